The summed E-state index contributed by atoms with van der Waals surface area (Å²) in [6.45, 7) is 7.47. The lowest BCUT2D eigenvalue weighted by Gasteiger charge is -2.13. The van der Waals surface area contributed by atoms with Gasteiger partial charge >= 0.3 is 0 Å². The van der Waals surface area contributed by atoms with Crippen molar-refractivity contribution in [2.75, 3.05) is 13.1 Å². The van der Waals surface area contributed by atoms with Crippen molar-refractivity contribution in [1.82, 2.24) is 10.3 Å². The number of halogens is 1. The van der Waals surface area contributed by atoms with Crippen molar-refractivity contribution < 1.29 is 0 Å². The van der Waals surface area contributed by atoms with Gasteiger partial charge in [0.25, 0.3) is 0 Å². The number of aromatic nitrogens is 1. The number of hydrogen-bond acceptors (Lipinski definition) is 4. The van der Waals surface area contributed by atoms with Gasteiger partial charge in [0, 0.05) is 46.8 Å². The van der Waals surface area contributed by atoms with Crippen molar-refractivity contribution in [1.29, 1.82) is 0 Å². The lowest BCUT2D eigenvalue weighted by atomic mass is 10.2. The summed E-state index contributed by atoms with van der Waals surface area (Å²) in [4.78, 5) is 12.8. The van der Waals surface area contributed by atoms with Gasteiger partial charge in [-0.05, 0) is 28.9 Å². The van der Waals surface area contributed by atoms with Crippen LogP contribution in [0.3, 0.4) is 0 Å². The molecule has 5 heteroatoms. The topological polar surface area (TPSA) is 49.6 Å². The largest absolute Gasteiger partial charge is 0.380 e. The average Bonchev–Trinajstić information content (AvgIpc) is 2.36. The van der Waals surface area contributed by atoms with E-state index in [0.717, 1.165) is 40.2 Å². The summed E-state index contributed by atoms with van der Waals surface area (Å²) < 4.78 is 0.945. The van der Waals surface area contributed by atoms with Crippen molar-refractivity contribution >= 4 is 33.2 Å². The van der Waals surface area contributed by atoms with Crippen LogP contribution < -0.4 is 5.32 Å². The lowest BCUT2D eigenvalue weighted by Crippen LogP contribution is -2.24. The van der Waals surface area contributed by atoms with E-state index in [1.54, 1.807) is 12.4 Å². The normalized spacial score (nSPS) is 14.8. The van der Waals surface area contributed by atoms with Crippen LogP contribution in [0.15, 0.2) is 39.5 Å². The number of aliphatic imine (C=N–C) groups is 2. The number of nitrogens with one attached hydrogen (secondary N) is 1. The summed E-state index contributed by atoms with van der Waals surface area (Å²) in [6.07, 6.45) is 4.45. The zero-order valence-corrected chi connectivity index (χ0v) is 11.9. The molecule has 0 aromatic carbocycles. The minimum atomic E-state index is 0.707. The molecule has 0 saturated carbocycles. The van der Waals surface area contributed by atoms with Crippen LogP contribution >= 0.6 is 15.9 Å². The van der Waals surface area contributed by atoms with Gasteiger partial charge in [-0.25, -0.2) is 4.99 Å². The first-order valence-corrected chi connectivity index (χ1v) is 6.55. The van der Waals surface area contributed by atoms with Gasteiger partial charge in [-0.3, -0.25) is 9.98 Å². The Morgan fingerprint density at radius 3 is 3.06 bits per heavy atom. The van der Waals surface area contributed by atoms with E-state index < -0.39 is 0 Å². The molecule has 4 nitrogen and oxygen atoms in total. The summed E-state index contributed by atoms with van der Waals surface area (Å²) in [7, 11) is 0. The highest BCUT2D eigenvalue weighted by molar-refractivity contribution is 9.10. The van der Waals surface area contributed by atoms with E-state index in [1.807, 2.05) is 13.0 Å². The summed E-state index contributed by atoms with van der Waals surface area (Å²) in [5, 5.41) is 3.28. The molecule has 0 spiro atoms. The fourth-order valence-electron chi connectivity index (χ4n) is 1.68. The van der Waals surface area contributed by atoms with Crippen LogP contribution in [0.4, 0.5) is 0 Å². The second kappa shape index (κ2) is 5.91. The first kappa shape index (κ1) is 13.0. The fourth-order valence-corrected chi connectivity index (χ4v) is 2.05. The molecule has 18 heavy (non-hydrogen) atoms. The van der Waals surface area contributed by atoms with Crippen molar-refractivity contribution in [2.45, 2.75) is 13.3 Å². The summed E-state index contributed by atoms with van der Waals surface area (Å²) in [6, 6.07) is 1.98. The van der Waals surface area contributed by atoms with E-state index in [9.17, 15) is 0 Å². The first-order chi connectivity index (χ1) is 8.65. The SMILES string of the molecule is C=C(NCC1=NC(C)=NCC1)c1cncc(Br)c1. The van der Waals surface area contributed by atoms with Crippen LogP contribution in [0, 0.1) is 0 Å². The third kappa shape index (κ3) is 3.50. The molecule has 1 aliphatic heterocycles. The maximum absolute atomic E-state index is 4.40. The molecule has 1 N–H and O–H groups in total. The molecule has 0 amide bonds. The monoisotopic (exact) mass is 306 g/mol. The average molecular weight is 307 g/mol. The minimum Gasteiger partial charge on any atom is -0.380 e. The Kier molecular flexibility index (Phi) is 4.25. The van der Waals surface area contributed by atoms with E-state index in [0.29, 0.717) is 6.54 Å². The van der Waals surface area contributed by atoms with Crippen molar-refractivity contribution in [3.63, 3.8) is 0 Å². The number of hydrogen-bond donors (Lipinski definition) is 1. The Balaban J connectivity index is 1.95. The molecule has 0 aliphatic carbocycles. The van der Waals surface area contributed by atoms with E-state index >= 15 is 0 Å². The highest BCUT2D eigenvalue weighted by Crippen LogP contribution is 2.14. The number of nitrogens with zero attached hydrogens (tertiary/aromatic N) is 3. The van der Waals surface area contributed by atoms with E-state index in [-0.39, 0.29) is 0 Å². The molecular weight excluding hydrogens is 292 g/mol. The van der Waals surface area contributed by atoms with Gasteiger partial charge < -0.3 is 5.32 Å². The van der Waals surface area contributed by atoms with Gasteiger partial charge in [0.15, 0.2) is 0 Å². The Morgan fingerprint density at radius 2 is 2.33 bits per heavy atom. The summed E-state index contributed by atoms with van der Waals surface area (Å²) in [5.74, 6) is 0.854. The van der Waals surface area contributed by atoms with Gasteiger partial charge in [0.1, 0.15) is 5.84 Å². The minimum absolute atomic E-state index is 0.707. The second-order valence-electron chi connectivity index (χ2n) is 4.08. The molecule has 94 valence electrons. The third-order valence-electron chi connectivity index (χ3n) is 2.62. The van der Waals surface area contributed by atoms with Gasteiger partial charge in [0.05, 0.1) is 6.54 Å². The van der Waals surface area contributed by atoms with E-state index in [2.05, 4.69) is 42.8 Å². The molecule has 1 aliphatic rings. The molecule has 0 fully saturated rings. The standard InChI is InChI=1S/C13H15BrN4/c1-9(11-5-12(14)7-15-6-11)17-8-13-3-4-16-10(2)18-13/h5-7,17H,1,3-4,8H2,2H3. The maximum Gasteiger partial charge on any atom is 0.120 e. The number of amidine groups is 1. The van der Waals surface area contributed by atoms with Crippen LogP contribution in [0.5, 0.6) is 0 Å². The molecule has 1 aromatic heterocycles. The molecule has 0 saturated heterocycles. The van der Waals surface area contributed by atoms with Crippen molar-refractivity contribution in [3.8, 4) is 0 Å². The molecule has 1 aromatic rings. The molecular formula is C13H15BrN4. The van der Waals surface area contributed by atoms with E-state index in [1.165, 1.54) is 0 Å². The molecule has 0 bridgehead atoms. The third-order valence-corrected chi connectivity index (χ3v) is 3.05. The fraction of sp³-hybridized carbons (Fsp3) is 0.308. The Labute approximate surface area is 115 Å². The molecule has 0 radical (unpaired) electrons. The Hall–Kier alpha value is -1.49. The van der Waals surface area contributed by atoms with Crippen LogP contribution in [0.25, 0.3) is 5.70 Å². The van der Waals surface area contributed by atoms with E-state index in [4.69, 9.17) is 0 Å². The summed E-state index contributed by atoms with van der Waals surface area (Å²) in [5.41, 5.74) is 2.95. The number of rotatable bonds is 4. The van der Waals surface area contributed by atoms with Gasteiger partial charge in [-0.15, -0.1) is 0 Å². The molecule has 0 atom stereocenters. The zero-order chi connectivity index (χ0) is 13.0. The van der Waals surface area contributed by atoms with Crippen molar-refractivity contribution in [3.05, 3.63) is 35.1 Å². The van der Waals surface area contributed by atoms with Crippen LogP contribution in [0.1, 0.15) is 18.9 Å². The van der Waals surface area contributed by atoms with Crippen LogP contribution in [0.2, 0.25) is 0 Å². The highest BCUT2D eigenvalue weighted by atomic mass is 79.9. The smallest absolute Gasteiger partial charge is 0.120 e. The van der Waals surface area contributed by atoms with Gasteiger partial charge in [-0.1, -0.05) is 6.58 Å². The maximum atomic E-state index is 4.40. The molecule has 2 rings (SSSR count). The number of pyridine rings is 1. The Bertz CT molecular complexity index is 519. The predicted molar refractivity (Wildman–Crippen MR) is 79.0 cm³/mol. The lowest BCUT2D eigenvalue weighted by molar-refractivity contribution is 0.947. The molecule has 0 unspecified atom stereocenters. The van der Waals surface area contributed by atoms with Crippen LogP contribution in [-0.2, 0) is 0 Å². The summed E-state index contributed by atoms with van der Waals surface area (Å²) >= 11 is 3.40. The first-order valence-electron chi connectivity index (χ1n) is 5.76. The van der Waals surface area contributed by atoms with Gasteiger partial charge in [0.2, 0.25) is 0 Å². The quantitative estimate of drug-likeness (QED) is 0.929. The predicted octanol–water partition coefficient (Wildman–Crippen LogP) is 2.67. The van der Waals surface area contributed by atoms with Gasteiger partial charge in [-0.2, -0.15) is 0 Å². The van der Waals surface area contributed by atoms with Crippen LogP contribution in [-0.4, -0.2) is 29.6 Å². The zero-order valence-electron chi connectivity index (χ0n) is 10.3. The highest BCUT2D eigenvalue weighted by Gasteiger charge is 2.06. The molecule has 2 heterocycles. The van der Waals surface area contributed by atoms with Crippen molar-refractivity contribution in [2.24, 2.45) is 9.98 Å². The Morgan fingerprint density at radius 1 is 1.50 bits per heavy atom. The second-order valence-corrected chi connectivity index (χ2v) is 5.00.